The van der Waals surface area contributed by atoms with Crippen LogP contribution in [0.2, 0.25) is 0 Å². The predicted octanol–water partition coefficient (Wildman–Crippen LogP) is 2.24. The van der Waals surface area contributed by atoms with Crippen molar-refractivity contribution in [3.63, 3.8) is 0 Å². The standard InChI is InChI=1S/C15H28N4/c1-6-13(16)8-14-12(4)17-18(5)15(14)19-9-10(2)7-11(19)3/h10-11,13H,6-9,16H2,1-5H3. The molecule has 2 rings (SSSR count). The molecule has 0 amide bonds. The van der Waals surface area contributed by atoms with Gasteiger partial charge in [-0.3, -0.25) is 4.68 Å². The summed E-state index contributed by atoms with van der Waals surface area (Å²) < 4.78 is 2.04. The van der Waals surface area contributed by atoms with Crippen LogP contribution in [0.25, 0.3) is 0 Å². The summed E-state index contributed by atoms with van der Waals surface area (Å²) in [7, 11) is 2.05. The van der Waals surface area contributed by atoms with E-state index in [0.717, 1.165) is 31.0 Å². The van der Waals surface area contributed by atoms with E-state index in [1.165, 1.54) is 17.8 Å². The fraction of sp³-hybridized carbons (Fsp3) is 0.800. The molecule has 0 bridgehead atoms. The highest BCUT2D eigenvalue weighted by molar-refractivity contribution is 5.52. The van der Waals surface area contributed by atoms with Crippen LogP contribution in [-0.4, -0.2) is 28.4 Å². The fourth-order valence-corrected chi connectivity index (χ4v) is 3.29. The van der Waals surface area contributed by atoms with E-state index in [1.54, 1.807) is 0 Å². The van der Waals surface area contributed by atoms with Gasteiger partial charge in [-0.05, 0) is 39.0 Å². The van der Waals surface area contributed by atoms with Crippen LogP contribution in [0, 0.1) is 12.8 Å². The molecule has 0 spiro atoms. The minimum atomic E-state index is 0.233. The first-order valence-corrected chi connectivity index (χ1v) is 7.48. The van der Waals surface area contributed by atoms with Crippen molar-refractivity contribution in [1.29, 1.82) is 0 Å². The van der Waals surface area contributed by atoms with Gasteiger partial charge in [-0.25, -0.2) is 0 Å². The topological polar surface area (TPSA) is 47.1 Å². The Labute approximate surface area is 117 Å². The molecule has 1 aliphatic rings. The molecule has 0 aromatic carbocycles. The normalized spacial score (nSPS) is 25.1. The second-order valence-corrected chi connectivity index (χ2v) is 6.23. The maximum absolute atomic E-state index is 6.16. The second-order valence-electron chi connectivity index (χ2n) is 6.23. The quantitative estimate of drug-likeness (QED) is 0.907. The zero-order valence-electron chi connectivity index (χ0n) is 13.0. The Hall–Kier alpha value is -1.03. The van der Waals surface area contributed by atoms with Crippen molar-refractivity contribution in [3.8, 4) is 0 Å². The van der Waals surface area contributed by atoms with Gasteiger partial charge >= 0.3 is 0 Å². The highest BCUT2D eigenvalue weighted by Crippen LogP contribution is 2.32. The number of aromatic nitrogens is 2. The van der Waals surface area contributed by atoms with Crippen LogP contribution in [0.4, 0.5) is 5.82 Å². The molecule has 0 aliphatic carbocycles. The van der Waals surface area contributed by atoms with Gasteiger partial charge in [-0.15, -0.1) is 0 Å². The van der Waals surface area contributed by atoms with Crippen molar-refractivity contribution >= 4 is 5.82 Å². The number of nitrogens with two attached hydrogens (primary N) is 1. The molecule has 1 saturated heterocycles. The monoisotopic (exact) mass is 264 g/mol. The lowest BCUT2D eigenvalue weighted by atomic mass is 10.0. The van der Waals surface area contributed by atoms with Gasteiger partial charge in [0.05, 0.1) is 5.69 Å². The van der Waals surface area contributed by atoms with Crippen molar-refractivity contribution in [3.05, 3.63) is 11.3 Å². The third-order valence-electron chi connectivity index (χ3n) is 4.36. The molecule has 0 saturated carbocycles. The average molecular weight is 264 g/mol. The highest BCUT2D eigenvalue weighted by Gasteiger charge is 2.31. The first-order chi connectivity index (χ1) is 8.93. The Morgan fingerprint density at radius 2 is 2.11 bits per heavy atom. The fourth-order valence-electron chi connectivity index (χ4n) is 3.29. The van der Waals surface area contributed by atoms with Crippen LogP contribution >= 0.6 is 0 Å². The van der Waals surface area contributed by atoms with Gasteiger partial charge in [0.1, 0.15) is 5.82 Å². The van der Waals surface area contributed by atoms with E-state index >= 15 is 0 Å². The van der Waals surface area contributed by atoms with Gasteiger partial charge in [0, 0.05) is 31.2 Å². The Balaban J connectivity index is 2.33. The van der Waals surface area contributed by atoms with Gasteiger partial charge in [0.15, 0.2) is 0 Å². The number of hydrogen-bond donors (Lipinski definition) is 1. The van der Waals surface area contributed by atoms with Crippen LogP contribution < -0.4 is 10.6 Å². The zero-order valence-corrected chi connectivity index (χ0v) is 13.0. The summed E-state index contributed by atoms with van der Waals surface area (Å²) in [5.74, 6) is 2.05. The third kappa shape index (κ3) is 2.78. The molecule has 4 nitrogen and oxygen atoms in total. The molecule has 4 heteroatoms. The lowest BCUT2D eigenvalue weighted by molar-refractivity contribution is 0.623. The van der Waals surface area contributed by atoms with Crippen molar-refractivity contribution in [2.24, 2.45) is 18.7 Å². The molecule has 0 radical (unpaired) electrons. The minimum Gasteiger partial charge on any atom is -0.354 e. The molecule has 1 fully saturated rings. The highest BCUT2D eigenvalue weighted by atomic mass is 15.4. The first-order valence-electron chi connectivity index (χ1n) is 7.48. The van der Waals surface area contributed by atoms with Crippen LogP contribution in [-0.2, 0) is 13.5 Å². The Morgan fingerprint density at radius 3 is 2.63 bits per heavy atom. The van der Waals surface area contributed by atoms with Gasteiger partial charge in [0.2, 0.25) is 0 Å². The maximum atomic E-state index is 6.16. The Kier molecular flexibility index (Phi) is 4.19. The van der Waals surface area contributed by atoms with Crippen LogP contribution in [0.5, 0.6) is 0 Å². The van der Waals surface area contributed by atoms with E-state index < -0.39 is 0 Å². The third-order valence-corrected chi connectivity index (χ3v) is 4.36. The van der Waals surface area contributed by atoms with Gasteiger partial charge in [-0.1, -0.05) is 13.8 Å². The summed E-state index contributed by atoms with van der Waals surface area (Å²) >= 11 is 0. The number of hydrogen-bond acceptors (Lipinski definition) is 3. The summed E-state index contributed by atoms with van der Waals surface area (Å²) in [6.07, 6.45) is 3.21. The number of anilines is 1. The van der Waals surface area contributed by atoms with Crippen molar-refractivity contribution in [2.75, 3.05) is 11.4 Å². The van der Waals surface area contributed by atoms with Gasteiger partial charge in [0.25, 0.3) is 0 Å². The van der Waals surface area contributed by atoms with E-state index in [4.69, 9.17) is 5.73 Å². The van der Waals surface area contributed by atoms with Crippen LogP contribution in [0.1, 0.15) is 44.9 Å². The molecular weight excluding hydrogens is 236 g/mol. The van der Waals surface area contributed by atoms with Crippen LogP contribution in [0.3, 0.4) is 0 Å². The van der Waals surface area contributed by atoms with E-state index in [2.05, 4.69) is 44.7 Å². The minimum absolute atomic E-state index is 0.233. The summed E-state index contributed by atoms with van der Waals surface area (Å²) in [5, 5.41) is 4.62. The number of nitrogens with zero attached hydrogens (tertiary/aromatic N) is 3. The van der Waals surface area contributed by atoms with Gasteiger partial charge < -0.3 is 10.6 Å². The molecule has 1 aromatic rings. The molecule has 3 unspecified atom stereocenters. The van der Waals surface area contributed by atoms with Crippen LogP contribution in [0.15, 0.2) is 0 Å². The summed E-state index contributed by atoms with van der Waals surface area (Å²) in [6, 6.07) is 0.832. The van der Waals surface area contributed by atoms with E-state index in [1.807, 2.05) is 4.68 Å². The van der Waals surface area contributed by atoms with Crippen molar-refractivity contribution < 1.29 is 0 Å². The molecule has 1 aromatic heterocycles. The van der Waals surface area contributed by atoms with E-state index in [0.29, 0.717) is 6.04 Å². The molecule has 3 atom stereocenters. The van der Waals surface area contributed by atoms with Gasteiger partial charge in [-0.2, -0.15) is 5.10 Å². The molecule has 19 heavy (non-hydrogen) atoms. The summed E-state index contributed by atoms with van der Waals surface area (Å²) in [4.78, 5) is 2.52. The Bertz CT molecular complexity index is 438. The smallest absolute Gasteiger partial charge is 0.130 e. The summed E-state index contributed by atoms with van der Waals surface area (Å²) in [5.41, 5.74) is 8.63. The SMILES string of the molecule is CCC(N)Cc1c(C)nn(C)c1N1CC(C)CC1C. The van der Waals surface area contributed by atoms with E-state index in [-0.39, 0.29) is 6.04 Å². The molecule has 1 aliphatic heterocycles. The first kappa shape index (κ1) is 14.4. The second kappa shape index (κ2) is 5.53. The average Bonchev–Trinajstić information content (AvgIpc) is 2.79. The van der Waals surface area contributed by atoms with Crippen molar-refractivity contribution in [2.45, 2.75) is 59.0 Å². The molecule has 2 N–H and O–H groups in total. The van der Waals surface area contributed by atoms with Crippen molar-refractivity contribution in [1.82, 2.24) is 9.78 Å². The molecule has 2 heterocycles. The molecule has 108 valence electrons. The molecular formula is C15H28N4. The van der Waals surface area contributed by atoms with E-state index in [9.17, 15) is 0 Å². The zero-order chi connectivity index (χ0) is 14.2. The summed E-state index contributed by atoms with van der Waals surface area (Å²) in [6.45, 7) is 10.0. The Morgan fingerprint density at radius 1 is 1.42 bits per heavy atom. The predicted molar refractivity (Wildman–Crippen MR) is 80.5 cm³/mol. The number of aryl methyl sites for hydroxylation is 2. The maximum Gasteiger partial charge on any atom is 0.130 e. The lowest BCUT2D eigenvalue weighted by Gasteiger charge is -2.26. The number of rotatable bonds is 4. The lowest BCUT2D eigenvalue weighted by Crippen LogP contribution is -2.31. The largest absolute Gasteiger partial charge is 0.354 e.